The molecule has 0 fully saturated rings. The smallest absolute Gasteiger partial charge is 0.126 e. The summed E-state index contributed by atoms with van der Waals surface area (Å²) in [5.74, 6) is 0.326. The first-order valence-electron chi connectivity index (χ1n) is 8.57. The Labute approximate surface area is 160 Å². The Morgan fingerprint density at radius 3 is 2.64 bits per heavy atom. The van der Waals surface area contributed by atoms with Gasteiger partial charge in [-0.05, 0) is 42.0 Å². The summed E-state index contributed by atoms with van der Waals surface area (Å²) in [5.41, 5.74) is 3.34. The van der Waals surface area contributed by atoms with Crippen molar-refractivity contribution in [3.8, 4) is 6.07 Å². The van der Waals surface area contributed by atoms with Crippen LogP contribution < -0.4 is 10.6 Å². The van der Waals surface area contributed by atoms with Gasteiger partial charge in [0.25, 0.3) is 0 Å². The molecule has 4 aromatic rings. The number of nitrogens with zero attached hydrogens (tertiary/aromatic N) is 4. The van der Waals surface area contributed by atoms with Gasteiger partial charge < -0.3 is 10.6 Å². The van der Waals surface area contributed by atoms with Crippen LogP contribution >= 0.6 is 0 Å². The Morgan fingerprint density at radius 2 is 1.89 bits per heavy atom. The molecule has 0 aliphatic rings. The molecular weight excluding hydrogens is 355 g/mol. The summed E-state index contributed by atoms with van der Waals surface area (Å²) < 4.78 is 13.2. The minimum atomic E-state index is -0.322. The van der Waals surface area contributed by atoms with E-state index in [0.29, 0.717) is 34.8 Å². The third kappa shape index (κ3) is 3.71. The molecule has 6 nitrogen and oxygen atoms in total. The summed E-state index contributed by atoms with van der Waals surface area (Å²) in [4.78, 5) is 12.8. The first-order valence-corrected chi connectivity index (χ1v) is 8.57. The number of hydrogen-bond acceptors (Lipinski definition) is 6. The van der Waals surface area contributed by atoms with Crippen LogP contribution in [-0.2, 0) is 6.54 Å². The number of aromatic nitrogens is 3. The fourth-order valence-corrected chi connectivity index (χ4v) is 2.78. The summed E-state index contributed by atoms with van der Waals surface area (Å²) in [6, 6.07) is 13.8. The third-order valence-corrected chi connectivity index (χ3v) is 4.18. The van der Waals surface area contributed by atoms with Crippen LogP contribution in [-0.4, -0.2) is 15.0 Å². The maximum absolute atomic E-state index is 13.2. The van der Waals surface area contributed by atoms with E-state index in [-0.39, 0.29) is 5.82 Å². The van der Waals surface area contributed by atoms with Crippen molar-refractivity contribution < 1.29 is 4.39 Å². The van der Waals surface area contributed by atoms with Crippen LogP contribution in [0.5, 0.6) is 0 Å². The molecule has 0 aliphatic heterocycles. The minimum absolute atomic E-state index is 0.322. The van der Waals surface area contributed by atoms with Crippen molar-refractivity contribution in [3.63, 3.8) is 0 Å². The second kappa shape index (κ2) is 7.68. The van der Waals surface area contributed by atoms with Gasteiger partial charge in [0.1, 0.15) is 17.7 Å². The van der Waals surface area contributed by atoms with Gasteiger partial charge in [-0.1, -0.05) is 6.07 Å². The van der Waals surface area contributed by atoms with E-state index in [4.69, 9.17) is 0 Å². The summed E-state index contributed by atoms with van der Waals surface area (Å²) in [6.07, 6.45) is 6.65. The number of fused-ring (bicyclic) bond motifs is 1. The van der Waals surface area contributed by atoms with Gasteiger partial charge in [0.15, 0.2) is 0 Å². The molecule has 0 bridgehead atoms. The standard InChI is InChI=1S/C21H15FN6/c22-16-3-5-17(6-4-16)28-21-15(9-23)12-25-19-13-27-20(8-18(19)21)26-11-14-2-1-7-24-10-14/h1-8,10,12-13H,11H2,(H,25,28)(H,26,27). The topological polar surface area (TPSA) is 86.5 Å². The van der Waals surface area contributed by atoms with Gasteiger partial charge in [-0.25, -0.2) is 9.37 Å². The van der Waals surface area contributed by atoms with Gasteiger partial charge >= 0.3 is 0 Å². The molecule has 0 saturated heterocycles. The Morgan fingerprint density at radius 1 is 1.04 bits per heavy atom. The lowest BCUT2D eigenvalue weighted by molar-refractivity contribution is 0.628. The normalized spacial score (nSPS) is 10.4. The quantitative estimate of drug-likeness (QED) is 0.542. The Kier molecular flexibility index (Phi) is 4.76. The summed E-state index contributed by atoms with van der Waals surface area (Å²) in [7, 11) is 0. The molecule has 0 radical (unpaired) electrons. The highest BCUT2D eigenvalue weighted by atomic mass is 19.1. The Bertz CT molecular complexity index is 1150. The second-order valence-corrected chi connectivity index (χ2v) is 6.09. The number of rotatable bonds is 5. The zero-order valence-electron chi connectivity index (χ0n) is 14.7. The Hall–Kier alpha value is -4.05. The van der Waals surface area contributed by atoms with Crippen molar-refractivity contribution in [2.45, 2.75) is 6.54 Å². The molecule has 0 aliphatic carbocycles. The average molecular weight is 370 g/mol. The van der Waals surface area contributed by atoms with E-state index < -0.39 is 0 Å². The van der Waals surface area contributed by atoms with Crippen molar-refractivity contribution >= 4 is 28.1 Å². The fraction of sp³-hybridized carbons (Fsp3) is 0.0476. The summed E-state index contributed by atoms with van der Waals surface area (Å²) in [6.45, 7) is 0.568. The number of anilines is 3. The van der Waals surface area contributed by atoms with Crippen molar-refractivity contribution in [2.24, 2.45) is 0 Å². The molecule has 3 aromatic heterocycles. The highest BCUT2D eigenvalue weighted by molar-refractivity contribution is 5.96. The van der Waals surface area contributed by atoms with Gasteiger partial charge in [0.2, 0.25) is 0 Å². The molecule has 136 valence electrons. The SMILES string of the molecule is N#Cc1cnc2cnc(NCc3cccnc3)cc2c1Nc1ccc(F)cc1. The van der Waals surface area contributed by atoms with Crippen molar-refractivity contribution in [1.29, 1.82) is 5.26 Å². The van der Waals surface area contributed by atoms with Gasteiger partial charge in [-0.2, -0.15) is 5.26 Å². The highest BCUT2D eigenvalue weighted by Crippen LogP contribution is 2.30. The fourth-order valence-electron chi connectivity index (χ4n) is 2.78. The zero-order chi connectivity index (χ0) is 19.3. The molecule has 2 N–H and O–H groups in total. The van der Waals surface area contributed by atoms with Gasteiger partial charge in [0, 0.05) is 36.2 Å². The van der Waals surface area contributed by atoms with Crippen molar-refractivity contribution in [2.75, 3.05) is 10.6 Å². The van der Waals surface area contributed by atoms with Crippen LogP contribution in [0.1, 0.15) is 11.1 Å². The van der Waals surface area contributed by atoms with E-state index in [1.165, 1.54) is 18.3 Å². The molecule has 4 rings (SSSR count). The minimum Gasteiger partial charge on any atom is -0.366 e. The number of nitriles is 1. The molecule has 28 heavy (non-hydrogen) atoms. The number of pyridine rings is 3. The lowest BCUT2D eigenvalue weighted by Gasteiger charge is -2.13. The predicted octanol–water partition coefficient (Wildman–Crippen LogP) is 4.39. The number of nitrogens with one attached hydrogen (secondary N) is 2. The van der Waals surface area contributed by atoms with Gasteiger partial charge in [-0.3, -0.25) is 9.97 Å². The maximum atomic E-state index is 13.2. The predicted molar refractivity (Wildman–Crippen MR) is 105 cm³/mol. The third-order valence-electron chi connectivity index (χ3n) is 4.18. The molecule has 0 unspecified atom stereocenters. The van der Waals surface area contributed by atoms with E-state index in [2.05, 4.69) is 31.7 Å². The number of halogens is 1. The lowest BCUT2D eigenvalue weighted by Crippen LogP contribution is -2.03. The van der Waals surface area contributed by atoms with Crippen molar-refractivity contribution in [1.82, 2.24) is 15.0 Å². The highest BCUT2D eigenvalue weighted by Gasteiger charge is 2.11. The van der Waals surface area contributed by atoms with Crippen LogP contribution in [0.3, 0.4) is 0 Å². The van der Waals surface area contributed by atoms with Crippen LogP contribution in [0, 0.1) is 17.1 Å². The van der Waals surface area contributed by atoms with E-state index in [1.807, 2.05) is 18.2 Å². The van der Waals surface area contributed by atoms with Crippen molar-refractivity contribution in [3.05, 3.63) is 84.2 Å². The first-order chi connectivity index (χ1) is 13.7. The largest absolute Gasteiger partial charge is 0.366 e. The van der Waals surface area contributed by atoms with Crippen LogP contribution in [0.4, 0.5) is 21.6 Å². The van der Waals surface area contributed by atoms with E-state index in [0.717, 1.165) is 10.9 Å². The van der Waals surface area contributed by atoms with E-state index >= 15 is 0 Å². The second-order valence-electron chi connectivity index (χ2n) is 6.09. The molecular formula is C21H15FN6. The van der Waals surface area contributed by atoms with Gasteiger partial charge in [-0.15, -0.1) is 0 Å². The molecule has 3 heterocycles. The maximum Gasteiger partial charge on any atom is 0.126 e. The number of hydrogen-bond donors (Lipinski definition) is 2. The van der Waals surface area contributed by atoms with Crippen LogP contribution in [0.2, 0.25) is 0 Å². The van der Waals surface area contributed by atoms with E-state index in [1.54, 1.807) is 30.7 Å². The molecule has 0 saturated carbocycles. The van der Waals surface area contributed by atoms with Gasteiger partial charge in [0.05, 0.1) is 23.0 Å². The molecule has 0 spiro atoms. The Balaban J connectivity index is 1.69. The first kappa shape index (κ1) is 17.4. The number of benzene rings is 1. The molecule has 1 aromatic carbocycles. The monoisotopic (exact) mass is 370 g/mol. The molecule has 0 amide bonds. The van der Waals surface area contributed by atoms with E-state index in [9.17, 15) is 9.65 Å². The average Bonchev–Trinajstić information content (AvgIpc) is 2.74. The molecule has 7 heteroatoms. The lowest BCUT2D eigenvalue weighted by atomic mass is 10.1. The summed E-state index contributed by atoms with van der Waals surface area (Å²) >= 11 is 0. The van der Waals surface area contributed by atoms with Crippen LogP contribution in [0.15, 0.2) is 67.3 Å². The van der Waals surface area contributed by atoms with Crippen LogP contribution in [0.25, 0.3) is 10.9 Å². The summed E-state index contributed by atoms with van der Waals surface area (Å²) in [5, 5.41) is 16.7. The molecule has 0 atom stereocenters. The zero-order valence-corrected chi connectivity index (χ0v) is 14.7.